The molecule has 0 aliphatic heterocycles. The van der Waals surface area contributed by atoms with Crippen LogP contribution in [-0.4, -0.2) is 5.91 Å². The predicted octanol–water partition coefficient (Wildman–Crippen LogP) is 5.51. The molecular weight excluding hydrogens is 350 g/mol. The quantitative estimate of drug-likeness (QED) is 0.641. The Balaban J connectivity index is 2.03. The van der Waals surface area contributed by atoms with Crippen molar-refractivity contribution in [1.82, 2.24) is 0 Å². The van der Waals surface area contributed by atoms with Gasteiger partial charge in [0, 0.05) is 10.0 Å². The summed E-state index contributed by atoms with van der Waals surface area (Å²) in [6, 6.07) is 18.6. The zero-order valence-electron chi connectivity index (χ0n) is 10.9. The maximum atomic E-state index is 12.5. The molecule has 3 aromatic carbocycles. The smallest absolute Gasteiger partial charge is 0.256 e. The average Bonchev–Trinajstić information content (AvgIpc) is 2.49. The first-order valence-corrected chi connectivity index (χ1v) is 7.57. The highest BCUT2D eigenvalue weighted by Gasteiger charge is 2.12. The number of halogens is 2. The summed E-state index contributed by atoms with van der Waals surface area (Å²) >= 11 is 9.58. The van der Waals surface area contributed by atoms with Crippen molar-refractivity contribution in [2.24, 2.45) is 0 Å². The second-order valence-electron chi connectivity index (χ2n) is 4.57. The summed E-state index contributed by atoms with van der Waals surface area (Å²) in [6.07, 6.45) is 0. The summed E-state index contributed by atoms with van der Waals surface area (Å²) in [6.45, 7) is 0. The highest BCUT2D eigenvalue weighted by atomic mass is 79.9. The number of benzene rings is 3. The van der Waals surface area contributed by atoms with E-state index in [4.69, 9.17) is 11.6 Å². The van der Waals surface area contributed by atoms with Crippen LogP contribution in [0.3, 0.4) is 0 Å². The van der Waals surface area contributed by atoms with Gasteiger partial charge in [-0.15, -0.1) is 0 Å². The summed E-state index contributed by atoms with van der Waals surface area (Å²) < 4.78 is 0.965. The molecule has 0 fully saturated rings. The van der Waals surface area contributed by atoms with Crippen LogP contribution in [0.25, 0.3) is 10.8 Å². The van der Waals surface area contributed by atoms with Crippen molar-refractivity contribution in [1.29, 1.82) is 0 Å². The van der Waals surface area contributed by atoms with Crippen molar-refractivity contribution in [2.75, 3.05) is 5.32 Å². The molecule has 4 heteroatoms. The van der Waals surface area contributed by atoms with Gasteiger partial charge in [0.1, 0.15) is 0 Å². The fourth-order valence-corrected chi connectivity index (χ4v) is 2.90. The van der Waals surface area contributed by atoms with Gasteiger partial charge in [0.25, 0.3) is 5.91 Å². The Morgan fingerprint density at radius 2 is 1.62 bits per heavy atom. The van der Waals surface area contributed by atoms with E-state index in [1.54, 1.807) is 18.2 Å². The molecule has 1 N–H and O–H groups in total. The van der Waals surface area contributed by atoms with E-state index in [-0.39, 0.29) is 5.91 Å². The Kier molecular flexibility index (Phi) is 3.95. The third-order valence-corrected chi connectivity index (χ3v) is 4.26. The van der Waals surface area contributed by atoms with Gasteiger partial charge in [-0.1, -0.05) is 63.9 Å². The standard InChI is InChI=1S/C17H11BrClNO/c18-14-8-4-5-11-12(14)6-3-7-13(11)17(21)20-16-10-2-1-9-15(16)19/h1-10H,(H,20,21). The van der Waals surface area contributed by atoms with Gasteiger partial charge in [0.15, 0.2) is 0 Å². The van der Waals surface area contributed by atoms with Crippen molar-refractivity contribution in [3.8, 4) is 0 Å². The van der Waals surface area contributed by atoms with Gasteiger partial charge in [-0.3, -0.25) is 4.79 Å². The summed E-state index contributed by atoms with van der Waals surface area (Å²) in [4.78, 5) is 12.5. The molecule has 0 radical (unpaired) electrons. The van der Waals surface area contributed by atoms with Crippen molar-refractivity contribution in [3.05, 3.63) is 75.7 Å². The molecule has 0 saturated heterocycles. The molecule has 0 heterocycles. The van der Waals surface area contributed by atoms with Gasteiger partial charge in [0.05, 0.1) is 10.7 Å². The normalized spacial score (nSPS) is 10.6. The van der Waals surface area contributed by atoms with Crippen LogP contribution in [0, 0.1) is 0 Å². The number of para-hydroxylation sites is 1. The van der Waals surface area contributed by atoms with Crippen LogP contribution in [0.2, 0.25) is 5.02 Å². The molecule has 1 amide bonds. The SMILES string of the molecule is O=C(Nc1ccccc1Cl)c1cccc2c(Br)cccc12. The van der Waals surface area contributed by atoms with E-state index in [9.17, 15) is 4.79 Å². The molecule has 0 saturated carbocycles. The monoisotopic (exact) mass is 359 g/mol. The molecule has 0 atom stereocenters. The van der Waals surface area contributed by atoms with E-state index in [2.05, 4.69) is 21.2 Å². The molecule has 3 aromatic rings. The molecule has 0 spiro atoms. The third-order valence-electron chi connectivity index (χ3n) is 3.24. The lowest BCUT2D eigenvalue weighted by Crippen LogP contribution is -2.12. The largest absolute Gasteiger partial charge is 0.321 e. The number of anilines is 1. The van der Waals surface area contributed by atoms with Crippen LogP contribution < -0.4 is 5.32 Å². The van der Waals surface area contributed by atoms with Gasteiger partial charge < -0.3 is 5.32 Å². The zero-order chi connectivity index (χ0) is 14.8. The van der Waals surface area contributed by atoms with Gasteiger partial charge in [-0.2, -0.15) is 0 Å². The van der Waals surface area contributed by atoms with Crippen LogP contribution in [0.4, 0.5) is 5.69 Å². The van der Waals surface area contributed by atoms with Crippen molar-refractivity contribution >= 4 is 49.9 Å². The number of hydrogen-bond acceptors (Lipinski definition) is 1. The van der Waals surface area contributed by atoms with Gasteiger partial charge in [-0.25, -0.2) is 0 Å². The maximum absolute atomic E-state index is 12.5. The van der Waals surface area contributed by atoms with E-state index in [0.717, 1.165) is 15.2 Å². The van der Waals surface area contributed by atoms with E-state index < -0.39 is 0 Å². The number of nitrogens with one attached hydrogen (secondary N) is 1. The van der Waals surface area contributed by atoms with E-state index in [1.807, 2.05) is 42.5 Å². The molecule has 0 aliphatic carbocycles. The average molecular weight is 361 g/mol. The van der Waals surface area contributed by atoms with Gasteiger partial charge in [0.2, 0.25) is 0 Å². The molecule has 104 valence electrons. The highest BCUT2D eigenvalue weighted by Crippen LogP contribution is 2.27. The highest BCUT2D eigenvalue weighted by molar-refractivity contribution is 9.10. The molecule has 0 aromatic heterocycles. The Hall–Kier alpha value is -1.84. The Bertz CT molecular complexity index is 832. The second-order valence-corrected chi connectivity index (χ2v) is 5.84. The van der Waals surface area contributed by atoms with Crippen LogP contribution in [0.1, 0.15) is 10.4 Å². The minimum atomic E-state index is -0.174. The van der Waals surface area contributed by atoms with E-state index in [0.29, 0.717) is 16.3 Å². The van der Waals surface area contributed by atoms with E-state index in [1.165, 1.54) is 0 Å². The molecule has 3 rings (SSSR count). The van der Waals surface area contributed by atoms with Crippen molar-refractivity contribution in [2.45, 2.75) is 0 Å². The Labute approximate surface area is 135 Å². The molecule has 21 heavy (non-hydrogen) atoms. The first-order valence-electron chi connectivity index (χ1n) is 6.40. The zero-order valence-corrected chi connectivity index (χ0v) is 13.3. The Morgan fingerprint density at radius 1 is 0.905 bits per heavy atom. The minimum Gasteiger partial charge on any atom is -0.321 e. The fourth-order valence-electron chi connectivity index (χ4n) is 2.22. The number of carbonyl (C=O) groups is 1. The van der Waals surface area contributed by atoms with Crippen LogP contribution in [-0.2, 0) is 0 Å². The third kappa shape index (κ3) is 2.80. The topological polar surface area (TPSA) is 29.1 Å². The summed E-state index contributed by atoms with van der Waals surface area (Å²) in [5.74, 6) is -0.174. The van der Waals surface area contributed by atoms with Crippen LogP contribution >= 0.6 is 27.5 Å². The minimum absolute atomic E-state index is 0.174. The summed E-state index contributed by atoms with van der Waals surface area (Å²) in [7, 11) is 0. The lowest BCUT2D eigenvalue weighted by molar-refractivity contribution is 0.102. The van der Waals surface area contributed by atoms with Crippen LogP contribution in [0.5, 0.6) is 0 Å². The first kappa shape index (κ1) is 14.1. The van der Waals surface area contributed by atoms with Gasteiger partial charge >= 0.3 is 0 Å². The number of fused-ring (bicyclic) bond motifs is 1. The maximum Gasteiger partial charge on any atom is 0.256 e. The second kappa shape index (κ2) is 5.88. The molecular formula is C17H11BrClNO. The summed E-state index contributed by atoms with van der Waals surface area (Å²) in [5, 5.41) is 5.28. The molecule has 2 nitrogen and oxygen atoms in total. The number of amides is 1. The van der Waals surface area contributed by atoms with Gasteiger partial charge in [-0.05, 0) is 35.0 Å². The van der Waals surface area contributed by atoms with Crippen LogP contribution in [0.15, 0.2) is 65.1 Å². The number of hydrogen-bond donors (Lipinski definition) is 1. The number of carbonyl (C=O) groups excluding carboxylic acids is 1. The molecule has 0 aliphatic rings. The van der Waals surface area contributed by atoms with E-state index >= 15 is 0 Å². The lowest BCUT2D eigenvalue weighted by Gasteiger charge is -2.10. The van der Waals surface area contributed by atoms with Crippen molar-refractivity contribution < 1.29 is 4.79 Å². The Morgan fingerprint density at radius 3 is 2.43 bits per heavy atom. The predicted molar refractivity (Wildman–Crippen MR) is 91.1 cm³/mol. The molecule has 0 bridgehead atoms. The number of rotatable bonds is 2. The fraction of sp³-hybridized carbons (Fsp3) is 0. The first-order chi connectivity index (χ1) is 10.2. The lowest BCUT2D eigenvalue weighted by atomic mass is 10.0. The van der Waals surface area contributed by atoms with Crippen molar-refractivity contribution in [3.63, 3.8) is 0 Å². The summed E-state index contributed by atoms with van der Waals surface area (Å²) in [5.41, 5.74) is 1.23. The molecule has 0 unspecified atom stereocenters.